The van der Waals surface area contributed by atoms with Gasteiger partial charge in [0.15, 0.2) is 23.0 Å². The quantitative estimate of drug-likeness (QED) is 0.503. The third-order valence-electron chi connectivity index (χ3n) is 5.47. The van der Waals surface area contributed by atoms with Gasteiger partial charge in [0.1, 0.15) is 11.6 Å². The summed E-state index contributed by atoms with van der Waals surface area (Å²) >= 11 is 0. The molecule has 0 aliphatic carbocycles. The van der Waals surface area contributed by atoms with Gasteiger partial charge in [-0.3, -0.25) is 0 Å². The van der Waals surface area contributed by atoms with E-state index >= 15 is 0 Å². The van der Waals surface area contributed by atoms with Crippen LogP contribution in [0.1, 0.15) is 0 Å². The van der Waals surface area contributed by atoms with Crippen molar-refractivity contribution in [3.05, 3.63) is 66.2 Å². The lowest BCUT2D eigenvalue weighted by atomic mass is 10.2. The van der Waals surface area contributed by atoms with E-state index in [-0.39, 0.29) is 17.4 Å². The molecule has 1 saturated heterocycles. The molecule has 5 rings (SSSR count). The number of hydrogen-bond donors (Lipinski definition) is 0. The molecule has 0 amide bonds. The summed E-state index contributed by atoms with van der Waals surface area (Å²) in [5.74, 6) is 0.611. The zero-order valence-electron chi connectivity index (χ0n) is 16.9. The summed E-state index contributed by atoms with van der Waals surface area (Å²) in [4.78, 5) is 4.27. The molecule has 158 valence electrons. The van der Waals surface area contributed by atoms with Gasteiger partial charge in [-0.25, -0.2) is 8.78 Å². The van der Waals surface area contributed by atoms with Gasteiger partial charge >= 0.3 is 0 Å². The molecule has 1 fully saturated rings. The predicted molar refractivity (Wildman–Crippen MR) is 114 cm³/mol. The molecule has 1 aliphatic heterocycles. The Hall–Kier alpha value is -3.75. The Morgan fingerprint density at radius 2 is 1.61 bits per heavy atom. The van der Waals surface area contributed by atoms with E-state index in [0.29, 0.717) is 43.2 Å². The molecule has 0 bridgehead atoms. The third kappa shape index (κ3) is 3.52. The van der Waals surface area contributed by atoms with Crippen LogP contribution in [0.25, 0.3) is 17.0 Å². The van der Waals surface area contributed by atoms with Crippen molar-refractivity contribution >= 4 is 17.2 Å². The molecule has 2 aromatic carbocycles. The zero-order valence-corrected chi connectivity index (χ0v) is 16.9. The number of nitrogens with zero attached hydrogens (tertiary/aromatic N) is 6. The van der Waals surface area contributed by atoms with Gasteiger partial charge in [-0.2, -0.15) is 4.52 Å². The summed E-state index contributed by atoms with van der Waals surface area (Å²) in [6, 6.07) is 15.1. The molecular weight excluding hydrogens is 402 g/mol. The zero-order chi connectivity index (χ0) is 21.4. The van der Waals surface area contributed by atoms with Crippen molar-refractivity contribution in [3.63, 3.8) is 0 Å². The van der Waals surface area contributed by atoms with E-state index in [1.165, 1.54) is 19.2 Å². The number of rotatable bonds is 4. The monoisotopic (exact) mass is 422 g/mol. The Bertz CT molecular complexity index is 1240. The topological polar surface area (TPSA) is 58.8 Å². The summed E-state index contributed by atoms with van der Waals surface area (Å²) < 4.78 is 34.9. The number of piperazine rings is 1. The molecule has 3 heterocycles. The Balaban J connectivity index is 1.37. The van der Waals surface area contributed by atoms with Gasteiger partial charge in [-0.15, -0.1) is 15.3 Å². The Morgan fingerprint density at radius 3 is 2.35 bits per heavy atom. The van der Waals surface area contributed by atoms with E-state index in [9.17, 15) is 8.78 Å². The Labute approximate surface area is 177 Å². The van der Waals surface area contributed by atoms with Gasteiger partial charge in [0.05, 0.1) is 12.7 Å². The van der Waals surface area contributed by atoms with Crippen LogP contribution >= 0.6 is 0 Å². The molecule has 0 saturated carbocycles. The van der Waals surface area contributed by atoms with E-state index in [1.807, 2.05) is 18.2 Å². The van der Waals surface area contributed by atoms with Crippen LogP contribution in [-0.2, 0) is 0 Å². The highest BCUT2D eigenvalue weighted by molar-refractivity contribution is 5.60. The predicted octanol–water partition coefficient (Wildman–Crippen LogP) is 3.40. The van der Waals surface area contributed by atoms with Gasteiger partial charge in [0, 0.05) is 37.9 Å². The van der Waals surface area contributed by atoms with E-state index < -0.39 is 0 Å². The fourth-order valence-corrected chi connectivity index (χ4v) is 3.80. The molecule has 7 nitrogen and oxygen atoms in total. The number of hydrogen-bond acceptors (Lipinski definition) is 6. The van der Waals surface area contributed by atoms with Crippen LogP contribution in [-0.4, -0.2) is 53.1 Å². The van der Waals surface area contributed by atoms with E-state index in [4.69, 9.17) is 4.74 Å². The Kier molecular flexibility index (Phi) is 4.85. The van der Waals surface area contributed by atoms with Gasteiger partial charge in [0.2, 0.25) is 0 Å². The van der Waals surface area contributed by atoms with E-state index in [1.54, 1.807) is 28.8 Å². The van der Waals surface area contributed by atoms with Gasteiger partial charge in [0.25, 0.3) is 0 Å². The van der Waals surface area contributed by atoms with Crippen molar-refractivity contribution in [1.82, 2.24) is 19.8 Å². The van der Waals surface area contributed by atoms with Gasteiger partial charge < -0.3 is 14.5 Å². The van der Waals surface area contributed by atoms with Crippen LogP contribution in [0.2, 0.25) is 0 Å². The molecule has 0 radical (unpaired) electrons. The highest BCUT2D eigenvalue weighted by Crippen LogP contribution is 2.26. The maximum Gasteiger partial charge on any atom is 0.188 e. The van der Waals surface area contributed by atoms with Crippen LogP contribution in [0, 0.1) is 11.6 Å². The number of anilines is 2. The molecule has 0 N–H and O–H groups in total. The van der Waals surface area contributed by atoms with Crippen LogP contribution in [0.5, 0.6) is 5.75 Å². The van der Waals surface area contributed by atoms with Gasteiger partial charge in [-0.1, -0.05) is 12.1 Å². The summed E-state index contributed by atoms with van der Waals surface area (Å²) in [5, 5.41) is 12.9. The summed E-state index contributed by atoms with van der Waals surface area (Å²) in [7, 11) is 1.45. The number of halogens is 2. The molecule has 31 heavy (non-hydrogen) atoms. The van der Waals surface area contributed by atoms with E-state index in [2.05, 4.69) is 25.1 Å². The highest BCUT2D eigenvalue weighted by atomic mass is 19.1. The first-order valence-electron chi connectivity index (χ1n) is 9.95. The molecule has 2 aromatic heterocycles. The first kappa shape index (κ1) is 19.2. The molecular formula is C22H20F2N6O. The van der Waals surface area contributed by atoms with Crippen LogP contribution in [0.4, 0.5) is 20.3 Å². The van der Waals surface area contributed by atoms with Crippen molar-refractivity contribution in [2.75, 3.05) is 43.1 Å². The Morgan fingerprint density at radius 1 is 0.839 bits per heavy atom. The first-order chi connectivity index (χ1) is 15.1. The summed E-state index contributed by atoms with van der Waals surface area (Å²) in [6.45, 7) is 2.86. The fourth-order valence-electron chi connectivity index (χ4n) is 3.80. The first-order valence-corrected chi connectivity index (χ1v) is 9.95. The van der Waals surface area contributed by atoms with Crippen molar-refractivity contribution < 1.29 is 13.5 Å². The average Bonchev–Trinajstić information content (AvgIpc) is 3.22. The second-order valence-corrected chi connectivity index (χ2v) is 7.26. The maximum absolute atomic E-state index is 14.3. The average molecular weight is 422 g/mol. The summed E-state index contributed by atoms with van der Waals surface area (Å²) in [6.07, 6.45) is 0. The lowest BCUT2D eigenvalue weighted by Crippen LogP contribution is -2.47. The van der Waals surface area contributed by atoms with Crippen molar-refractivity contribution in [2.24, 2.45) is 0 Å². The third-order valence-corrected chi connectivity index (χ3v) is 5.47. The second-order valence-electron chi connectivity index (χ2n) is 7.26. The number of methoxy groups -OCH3 is 1. The standard InChI is InChI=1S/C22H20F2N6O/c1-31-19-7-6-15(14-18(19)24)28-10-12-29(13-11-28)21-9-8-20-25-26-22(30(20)27-21)16-4-2-3-5-17(16)23/h2-9,14H,10-13H2,1H3. The summed E-state index contributed by atoms with van der Waals surface area (Å²) in [5.41, 5.74) is 1.72. The minimum Gasteiger partial charge on any atom is -0.494 e. The van der Waals surface area contributed by atoms with Crippen LogP contribution < -0.4 is 14.5 Å². The smallest absolute Gasteiger partial charge is 0.188 e. The molecule has 0 unspecified atom stereocenters. The maximum atomic E-state index is 14.3. The fraction of sp³-hybridized carbons (Fsp3) is 0.227. The number of benzene rings is 2. The molecule has 0 atom stereocenters. The minimum absolute atomic E-state index is 0.236. The van der Waals surface area contributed by atoms with Crippen molar-refractivity contribution in [2.45, 2.75) is 0 Å². The largest absolute Gasteiger partial charge is 0.494 e. The molecule has 0 spiro atoms. The normalized spacial score (nSPS) is 14.3. The molecule has 9 heteroatoms. The lowest BCUT2D eigenvalue weighted by Gasteiger charge is -2.36. The van der Waals surface area contributed by atoms with Crippen molar-refractivity contribution in [1.29, 1.82) is 0 Å². The van der Waals surface area contributed by atoms with Crippen LogP contribution in [0.15, 0.2) is 54.6 Å². The van der Waals surface area contributed by atoms with Crippen LogP contribution in [0.3, 0.4) is 0 Å². The number of ether oxygens (including phenoxy) is 1. The number of fused-ring (bicyclic) bond motifs is 1. The van der Waals surface area contributed by atoms with Gasteiger partial charge in [-0.05, 0) is 36.4 Å². The molecule has 4 aromatic rings. The second kappa shape index (κ2) is 7.82. The van der Waals surface area contributed by atoms with Crippen molar-refractivity contribution in [3.8, 4) is 17.1 Å². The SMILES string of the molecule is COc1ccc(N2CCN(c3ccc4nnc(-c5ccccc5F)n4n3)CC2)cc1F. The minimum atomic E-state index is -0.372. The molecule has 1 aliphatic rings. The number of aromatic nitrogens is 4. The van der Waals surface area contributed by atoms with E-state index in [0.717, 1.165) is 11.5 Å². The highest BCUT2D eigenvalue weighted by Gasteiger charge is 2.21. The lowest BCUT2D eigenvalue weighted by molar-refractivity contribution is 0.386.